The van der Waals surface area contributed by atoms with Crippen molar-refractivity contribution in [3.63, 3.8) is 0 Å². The Labute approximate surface area is 111 Å². The molecule has 0 spiro atoms. The molecule has 1 unspecified atom stereocenters. The number of para-hydroxylation sites is 1. The maximum Gasteiger partial charge on any atom is 0.149 e. The van der Waals surface area contributed by atoms with Gasteiger partial charge in [0.05, 0.1) is 12.6 Å². The minimum absolute atomic E-state index is 0.126. The summed E-state index contributed by atoms with van der Waals surface area (Å²) in [5.41, 5.74) is 0.922. The first-order valence-corrected chi connectivity index (χ1v) is 6.29. The molecule has 0 bridgehead atoms. The highest BCUT2D eigenvalue weighted by Gasteiger charge is 2.11. The lowest BCUT2D eigenvalue weighted by molar-refractivity contribution is 0.466. The van der Waals surface area contributed by atoms with E-state index in [1.807, 2.05) is 29.8 Å². The van der Waals surface area contributed by atoms with Crippen molar-refractivity contribution >= 4 is 11.0 Å². The summed E-state index contributed by atoms with van der Waals surface area (Å²) in [5, 5.41) is 12.5. The van der Waals surface area contributed by atoms with E-state index >= 15 is 0 Å². The first-order chi connectivity index (χ1) is 9.24. The van der Waals surface area contributed by atoms with Gasteiger partial charge in [-0.1, -0.05) is 18.2 Å². The SMILES string of the molecule is CC(NCc1cc2ccccc2o1)c1nncn1C. The Hall–Kier alpha value is -2.14. The quantitative estimate of drug-likeness (QED) is 0.778. The standard InChI is InChI=1S/C14H16N4O/c1-10(14-17-16-9-18(14)2)15-8-12-7-11-5-3-4-6-13(11)19-12/h3-7,9-10,15H,8H2,1-2H3. The number of fused-ring (bicyclic) bond motifs is 1. The van der Waals surface area contributed by atoms with E-state index in [4.69, 9.17) is 4.42 Å². The van der Waals surface area contributed by atoms with Gasteiger partial charge < -0.3 is 14.3 Å². The van der Waals surface area contributed by atoms with E-state index in [0.717, 1.165) is 22.6 Å². The van der Waals surface area contributed by atoms with Crippen molar-refractivity contribution in [2.24, 2.45) is 7.05 Å². The molecule has 0 amide bonds. The highest BCUT2D eigenvalue weighted by molar-refractivity contribution is 5.77. The zero-order valence-electron chi connectivity index (χ0n) is 11.0. The molecule has 2 aromatic heterocycles. The summed E-state index contributed by atoms with van der Waals surface area (Å²) in [4.78, 5) is 0. The fourth-order valence-electron chi connectivity index (χ4n) is 2.15. The molecule has 5 nitrogen and oxygen atoms in total. The van der Waals surface area contributed by atoms with Gasteiger partial charge in [0.2, 0.25) is 0 Å². The van der Waals surface area contributed by atoms with Crippen LogP contribution in [0.5, 0.6) is 0 Å². The normalized spacial score (nSPS) is 12.9. The van der Waals surface area contributed by atoms with Crippen LogP contribution in [0.2, 0.25) is 0 Å². The van der Waals surface area contributed by atoms with Gasteiger partial charge in [-0.2, -0.15) is 0 Å². The highest BCUT2D eigenvalue weighted by atomic mass is 16.3. The van der Waals surface area contributed by atoms with Crippen LogP contribution in [0.4, 0.5) is 0 Å². The minimum atomic E-state index is 0.126. The van der Waals surface area contributed by atoms with E-state index in [9.17, 15) is 0 Å². The van der Waals surface area contributed by atoms with Crippen LogP contribution >= 0.6 is 0 Å². The minimum Gasteiger partial charge on any atom is -0.460 e. The van der Waals surface area contributed by atoms with Gasteiger partial charge >= 0.3 is 0 Å². The van der Waals surface area contributed by atoms with Crippen molar-refractivity contribution in [1.82, 2.24) is 20.1 Å². The maximum atomic E-state index is 5.76. The summed E-state index contributed by atoms with van der Waals surface area (Å²) in [6, 6.07) is 10.2. The predicted octanol–water partition coefficient (Wildman–Crippen LogP) is 2.41. The first-order valence-electron chi connectivity index (χ1n) is 6.29. The zero-order chi connectivity index (χ0) is 13.2. The summed E-state index contributed by atoms with van der Waals surface area (Å²) in [5.74, 6) is 1.84. The summed E-state index contributed by atoms with van der Waals surface area (Å²) < 4.78 is 7.67. The number of hydrogen-bond acceptors (Lipinski definition) is 4. The second kappa shape index (κ2) is 4.85. The second-order valence-electron chi connectivity index (χ2n) is 4.65. The molecule has 3 aromatic rings. The smallest absolute Gasteiger partial charge is 0.149 e. The number of nitrogens with zero attached hydrogens (tertiary/aromatic N) is 3. The molecule has 0 radical (unpaired) electrons. The molecule has 1 aromatic carbocycles. The Morgan fingerprint density at radius 2 is 2.21 bits per heavy atom. The molecular weight excluding hydrogens is 240 g/mol. The lowest BCUT2D eigenvalue weighted by atomic mass is 10.2. The first kappa shape index (κ1) is 11.9. The van der Waals surface area contributed by atoms with Crippen molar-refractivity contribution in [3.05, 3.63) is 48.2 Å². The molecule has 2 heterocycles. The molecule has 3 rings (SSSR count). The Bertz CT molecular complexity index is 652. The van der Waals surface area contributed by atoms with Crippen LogP contribution in [-0.2, 0) is 13.6 Å². The lowest BCUT2D eigenvalue weighted by Crippen LogP contribution is -2.20. The third kappa shape index (κ3) is 2.37. The number of nitrogens with one attached hydrogen (secondary N) is 1. The number of benzene rings is 1. The van der Waals surface area contributed by atoms with Gasteiger partial charge in [0, 0.05) is 12.4 Å². The van der Waals surface area contributed by atoms with Crippen molar-refractivity contribution in [1.29, 1.82) is 0 Å². The van der Waals surface area contributed by atoms with E-state index in [0.29, 0.717) is 6.54 Å². The Morgan fingerprint density at radius 3 is 2.95 bits per heavy atom. The largest absolute Gasteiger partial charge is 0.460 e. The van der Waals surface area contributed by atoms with Crippen LogP contribution in [0.15, 0.2) is 41.1 Å². The maximum absolute atomic E-state index is 5.76. The van der Waals surface area contributed by atoms with E-state index in [1.54, 1.807) is 6.33 Å². The van der Waals surface area contributed by atoms with Gasteiger partial charge in [-0.25, -0.2) is 0 Å². The molecule has 1 N–H and O–H groups in total. The number of aromatic nitrogens is 3. The van der Waals surface area contributed by atoms with Crippen molar-refractivity contribution in [2.75, 3.05) is 0 Å². The third-order valence-corrected chi connectivity index (χ3v) is 3.19. The molecule has 19 heavy (non-hydrogen) atoms. The molecule has 1 atom stereocenters. The molecule has 5 heteroatoms. The van der Waals surface area contributed by atoms with Crippen LogP contribution in [0.3, 0.4) is 0 Å². The number of rotatable bonds is 4. The van der Waals surface area contributed by atoms with Crippen LogP contribution in [0, 0.1) is 0 Å². The molecule has 98 valence electrons. The van der Waals surface area contributed by atoms with Crippen LogP contribution in [0.1, 0.15) is 24.6 Å². The van der Waals surface area contributed by atoms with Gasteiger partial charge in [0.25, 0.3) is 0 Å². The highest BCUT2D eigenvalue weighted by Crippen LogP contribution is 2.19. The van der Waals surface area contributed by atoms with Crippen LogP contribution in [-0.4, -0.2) is 14.8 Å². The van der Waals surface area contributed by atoms with E-state index in [-0.39, 0.29) is 6.04 Å². The van der Waals surface area contributed by atoms with Crippen molar-refractivity contribution in [2.45, 2.75) is 19.5 Å². The fourth-order valence-corrected chi connectivity index (χ4v) is 2.15. The van der Waals surface area contributed by atoms with E-state index < -0.39 is 0 Å². The molecule has 0 aliphatic heterocycles. The van der Waals surface area contributed by atoms with E-state index in [1.165, 1.54) is 0 Å². The second-order valence-corrected chi connectivity index (χ2v) is 4.65. The van der Waals surface area contributed by atoms with Crippen molar-refractivity contribution in [3.8, 4) is 0 Å². The number of furan rings is 1. The van der Waals surface area contributed by atoms with Gasteiger partial charge in [-0.3, -0.25) is 0 Å². The molecule has 0 saturated carbocycles. The van der Waals surface area contributed by atoms with Crippen LogP contribution < -0.4 is 5.32 Å². The fraction of sp³-hybridized carbons (Fsp3) is 0.286. The Morgan fingerprint density at radius 1 is 1.37 bits per heavy atom. The average Bonchev–Trinajstić information content (AvgIpc) is 3.01. The molecule has 0 aliphatic carbocycles. The number of hydrogen-bond donors (Lipinski definition) is 1. The molecule has 0 saturated heterocycles. The predicted molar refractivity (Wildman–Crippen MR) is 72.5 cm³/mol. The average molecular weight is 256 g/mol. The van der Waals surface area contributed by atoms with E-state index in [2.05, 4.69) is 34.6 Å². The summed E-state index contributed by atoms with van der Waals surface area (Å²) >= 11 is 0. The van der Waals surface area contributed by atoms with Gasteiger partial charge in [-0.15, -0.1) is 10.2 Å². The topological polar surface area (TPSA) is 55.9 Å². The zero-order valence-corrected chi connectivity index (χ0v) is 11.0. The molecule has 0 fully saturated rings. The third-order valence-electron chi connectivity index (χ3n) is 3.19. The van der Waals surface area contributed by atoms with Gasteiger partial charge in [0.1, 0.15) is 23.5 Å². The summed E-state index contributed by atoms with van der Waals surface area (Å²) in [6.07, 6.45) is 1.70. The van der Waals surface area contributed by atoms with Gasteiger partial charge in [-0.05, 0) is 19.1 Å². The molecule has 0 aliphatic rings. The summed E-state index contributed by atoms with van der Waals surface area (Å²) in [7, 11) is 1.94. The molecular formula is C14H16N4O. The summed E-state index contributed by atoms with van der Waals surface area (Å²) in [6.45, 7) is 2.73. The lowest BCUT2D eigenvalue weighted by Gasteiger charge is -2.11. The van der Waals surface area contributed by atoms with Crippen LogP contribution in [0.25, 0.3) is 11.0 Å². The van der Waals surface area contributed by atoms with Gasteiger partial charge in [0.15, 0.2) is 0 Å². The van der Waals surface area contributed by atoms with Crippen molar-refractivity contribution < 1.29 is 4.42 Å². The monoisotopic (exact) mass is 256 g/mol. The Balaban J connectivity index is 1.70. The number of aryl methyl sites for hydroxylation is 1. The Kier molecular flexibility index (Phi) is 3.05.